The van der Waals surface area contributed by atoms with Crippen LogP contribution in [0.1, 0.15) is 31.7 Å². The van der Waals surface area contributed by atoms with Crippen molar-refractivity contribution >= 4 is 35.5 Å². The van der Waals surface area contributed by atoms with Gasteiger partial charge in [0.15, 0.2) is 0 Å². The number of carboxylic acids is 1. The fourth-order valence-corrected chi connectivity index (χ4v) is 4.26. The first-order chi connectivity index (χ1) is 16.1. The standard InChI is InChI=1S/C23H34N4O6S/c1-14(28)19(24)22(31)27-11-6-9-18(27)21(30)26-17(13-15-7-4-3-5-8-15)20(29)25-16(23(32)33)10-12-34-2/h3-5,7-8,14,16-19,28H,6,9-13,24H2,1-2H3,(H,25,29)(H,26,30)(H,32,33). The van der Waals surface area contributed by atoms with Gasteiger partial charge in [-0.3, -0.25) is 14.4 Å². The Hall–Kier alpha value is -2.63. The lowest BCUT2D eigenvalue weighted by atomic mass is 10.0. The highest BCUT2D eigenvalue weighted by Gasteiger charge is 2.38. The van der Waals surface area contributed by atoms with Crippen LogP contribution in [0, 0.1) is 0 Å². The average Bonchev–Trinajstić information content (AvgIpc) is 3.30. The van der Waals surface area contributed by atoms with Crippen LogP contribution in [0.2, 0.25) is 0 Å². The third kappa shape index (κ3) is 7.71. The van der Waals surface area contributed by atoms with Crippen LogP contribution in [0.25, 0.3) is 0 Å². The van der Waals surface area contributed by atoms with Gasteiger partial charge < -0.3 is 31.5 Å². The molecule has 1 aromatic carbocycles. The number of amides is 3. The van der Waals surface area contributed by atoms with E-state index in [1.54, 1.807) is 12.1 Å². The summed E-state index contributed by atoms with van der Waals surface area (Å²) in [6.45, 7) is 1.73. The van der Waals surface area contributed by atoms with Crippen molar-refractivity contribution in [2.75, 3.05) is 18.6 Å². The number of nitrogens with two attached hydrogens (primary N) is 1. The quantitative estimate of drug-likeness (QED) is 0.265. The van der Waals surface area contributed by atoms with Crippen LogP contribution in [-0.4, -0.2) is 87.6 Å². The van der Waals surface area contributed by atoms with Gasteiger partial charge in [0.2, 0.25) is 17.7 Å². The molecule has 11 heteroatoms. The number of carbonyl (C=O) groups excluding carboxylic acids is 3. The summed E-state index contributed by atoms with van der Waals surface area (Å²) < 4.78 is 0. The lowest BCUT2D eigenvalue weighted by Crippen LogP contribution is -2.58. The van der Waals surface area contributed by atoms with Crippen molar-refractivity contribution in [2.45, 2.75) is 62.9 Å². The van der Waals surface area contributed by atoms with E-state index in [0.29, 0.717) is 25.1 Å². The van der Waals surface area contributed by atoms with Gasteiger partial charge in [0.05, 0.1) is 6.10 Å². The Labute approximate surface area is 203 Å². The van der Waals surface area contributed by atoms with E-state index in [9.17, 15) is 29.4 Å². The minimum absolute atomic E-state index is 0.154. The molecule has 0 radical (unpaired) electrons. The fourth-order valence-electron chi connectivity index (χ4n) is 3.79. The molecule has 1 aliphatic rings. The minimum Gasteiger partial charge on any atom is -0.480 e. The molecule has 1 aliphatic heterocycles. The number of hydrogen-bond acceptors (Lipinski definition) is 7. The summed E-state index contributed by atoms with van der Waals surface area (Å²) in [6.07, 6.45) is 2.16. The van der Waals surface area contributed by atoms with Crippen molar-refractivity contribution in [3.05, 3.63) is 35.9 Å². The molecule has 0 aliphatic carbocycles. The summed E-state index contributed by atoms with van der Waals surface area (Å²) in [6, 6.07) is 4.97. The molecule has 1 heterocycles. The van der Waals surface area contributed by atoms with Crippen LogP contribution in [0.15, 0.2) is 30.3 Å². The van der Waals surface area contributed by atoms with E-state index in [1.165, 1.54) is 23.6 Å². The molecule has 1 saturated heterocycles. The van der Waals surface area contributed by atoms with Crippen molar-refractivity contribution in [1.82, 2.24) is 15.5 Å². The van der Waals surface area contributed by atoms with Crippen LogP contribution in [0.4, 0.5) is 0 Å². The van der Waals surface area contributed by atoms with Gasteiger partial charge in [-0.15, -0.1) is 0 Å². The van der Waals surface area contributed by atoms with E-state index in [0.717, 1.165) is 5.56 Å². The second-order valence-electron chi connectivity index (χ2n) is 8.39. The van der Waals surface area contributed by atoms with E-state index in [-0.39, 0.29) is 12.8 Å². The Morgan fingerprint density at radius 1 is 1.18 bits per heavy atom. The van der Waals surface area contributed by atoms with Gasteiger partial charge in [0, 0.05) is 13.0 Å². The molecule has 0 saturated carbocycles. The molecule has 34 heavy (non-hydrogen) atoms. The predicted molar refractivity (Wildman–Crippen MR) is 129 cm³/mol. The van der Waals surface area contributed by atoms with Gasteiger partial charge in [-0.1, -0.05) is 30.3 Å². The van der Waals surface area contributed by atoms with Gasteiger partial charge >= 0.3 is 5.97 Å². The summed E-state index contributed by atoms with van der Waals surface area (Å²) in [7, 11) is 0. The predicted octanol–water partition coefficient (Wildman–Crippen LogP) is -0.264. The first kappa shape index (κ1) is 27.6. The van der Waals surface area contributed by atoms with E-state index < -0.39 is 54.0 Å². The van der Waals surface area contributed by atoms with Gasteiger partial charge in [0.1, 0.15) is 24.2 Å². The SMILES string of the molecule is CSCCC(NC(=O)C(Cc1ccccc1)NC(=O)C1CCCN1C(=O)C(N)C(C)O)C(=O)O. The van der Waals surface area contributed by atoms with Crippen LogP contribution in [0.5, 0.6) is 0 Å². The van der Waals surface area contributed by atoms with E-state index in [4.69, 9.17) is 5.73 Å². The number of carboxylic acid groups (broad SMARTS) is 1. The average molecular weight is 495 g/mol. The number of aliphatic carboxylic acids is 1. The molecular weight excluding hydrogens is 460 g/mol. The number of carbonyl (C=O) groups is 4. The molecular formula is C23H34N4O6S. The van der Waals surface area contributed by atoms with Crippen LogP contribution >= 0.6 is 11.8 Å². The Kier molecular flexibility index (Phi) is 10.8. The second kappa shape index (κ2) is 13.3. The Bertz CT molecular complexity index is 853. The van der Waals surface area contributed by atoms with Crippen LogP contribution < -0.4 is 16.4 Å². The summed E-state index contributed by atoms with van der Waals surface area (Å²) >= 11 is 1.47. The Balaban J connectivity index is 2.18. The number of rotatable bonds is 12. The number of nitrogens with one attached hydrogen (secondary N) is 2. The number of nitrogens with zero attached hydrogens (tertiary/aromatic N) is 1. The maximum Gasteiger partial charge on any atom is 0.326 e. The third-order valence-electron chi connectivity index (χ3n) is 5.78. The van der Waals surface area contributed by atoms with Gasteiger partial charge in [-0.25, -0.2) is 4.79 Å². The number of likely N-dealkylation sites (tertiary alicyclic amines) is 1. The minimum atomic E-state index is -1.15. The van der Waals surface area contributed by atoms with Crippen molar-refractivity contribution < 1.29 is 29.4 Å². The number of benzene rings is 1. The maximum absolute atomic E-state index is 13.1. The molecule has 5 unspecified atom stereocenters. The van der Waals surface area contributed by atoms with Crippen LogP contribution in [-0.2, 0) is 25.6 Å². The molecule has 5 atom stereocenters. The van der Waals surface area contributed by atoms with Crippen LogP contribution in [0.3, 0.4) is 0 Å². The largest absolute Gasteiger partial charge is 0.480 e. The van der Waals surface area contributed by atoms with Crippen molar-refractivity contribution in [3.8, 4) is 0 Å². The highest BCUT2D eigenvalue weighted by Crippen LogP contribution is 2.19. The van der Waals surface area contributed by atoms with E-state index in [1.807, 2.05) is 24.5 Å². The van der Waals surface area contributed by atoms with E-state index >= 15 is 0 Å². The zero-order valence-electron chi connectivity index (χ0n) is 19.5. The van der Waals surface area contributed by atoms with Gasteiger partial charge in [-0.2, -0.15) is 11.8 Å². The summed E-state index contributed by atoms with van der Waals surface area (Å²) in [5.41, 5.74) is 6.57. The van der Waals surface area contributed by atoms with E-state index in [2.05, 4.69) is 10.6 Å². The lowest BCUT2D eigenvalue weighted by Gasteiger charge is -2.29. The second-order valence-corrected chi connectivity index (χ2v) is 9.37. The molecule has 6 N–H and O–H groups in total. The first-order valence-corrected chi connectivity index (χ1v) is 12.7. The molecule has 10 nitrogen and oxygen atoms in total. The fraction of sp³-hybridized carbons (Fsp3) is 0.565. The normalized spacial score (nSPS) is 19.1. The number of aliphatic hydroxyl groups is 1. The summed E-state index contributed by atoms with van der Waals surface area (Å²) in [5, 5.41) is 24.4. The molecule has 1 aromatic rings. The lowest BCUT2D eigenvalue weighted by molar-refractivity contribution is -0.143. The molecule has 3 amide bonds. The Morgan fingerprint density at radius 3 is 2.44 bits per heavy atom. The molecule has 0 aromatic heterocycles. The van der Waals surface area contributed by atoms with Crippen molar-refractivity contribution in [1.29, 1.82) is 0 Å². The molecule has 1 fully saturated rings. The Morgan fingerprint density at radius 2 is 1.85 bits per heavy atom. The molecule has 0 spiro atoms. The number of thioether (sulfide) groups is 1. The maximum atomic E-state index is 13.1. The first-order valence-electron chi connectivity index (χ1n) is 11.3. The monoisotopic (exact) mass is 494 g/mol. The smallest absolute Gasteiger partial charge is 0.326 e. The topological polar surface area (TPSA) is 162 Å². The summed E-state index contributed by atoms with van der Waals surface area (Å²) in [4.78, 5) is 51.8. The molecule has 0 bridgehead atoms. The number of aliphatic hydroxyl groups excluding tert-OH is 1. The highest BCUT2D eigenvalue weighted by molar-refractivity contribution is 7.98. The van der Waals surface area contributed by atoms with Gasteiger partial charge in [0.25, 0.3) is 0 Å². The third-order valence-corrected chi connectivity index (χ3v) is 6.43. The molecule has 2 rings (SSSR count). The number of hydrogen-bond donors (Lipinski definition) is 5. The van der Waals surface area contributed by atoms with Crippen molar-refractivity contribution in [3.63, 3.8) is 0 Å². The molecule has 188 valence electrons. The van der Waals surface area contributed by atoms with Crippen molar-refractivity contribution in [2.24, 2.45) is 5.73 Å². The zero-order chi connectivity index (χ0) is 25.3. The summed E-state index contributed by atoms with van der Waals surface area (Å²) in [5.74, 6) is -2.25. The highest BCUT2D eigenvalue weighted by atomic mass is 32.2. The van der Waals surface area contributed by atoms with Gasteiger partial charge in [-0.05, 0) is 43.8 Å². The zero-order valence-corrected chi connectivity index (χ0v) is 20.3.